The normalized spacial score (nSPS) is 22.0. The minimum Gasteiger partial charge on any atom is -0.454 e. The number of fused-ring (bicyclic) bond motifs is 1. The topological polar surface area (TPSA) is 91.1 Å². The molecule has 0 aromatic heterocycles. The summed E-state index contributed by atoms with van der Waals surface area (Å²) in [5.41, 5.74) is 6.18. The van der Waals surface area contributed by atoms with Gasteiger partial charge in [-0.25, -0.2) is 0 Å². The average Bonchev–Trinajstić information content (AvgIpc) is 3.01. The second-order valence-corrected chi connectivity index (χ2v) is 7.05. The lowest BCUT2D eigenvalue weighted by molar-refractivity contribution is -0.140. The van der Waals surface area contributed by atoms with E-state index in [2.05, 4.69) is 13.0 Å². The zero-order valence-electron chi connectivity index (χ0n) is 14.5. The molecule has 136 valence electrons. The molecular weight excluding hydrogens is 324 g/mol. The van der Waals surface area contributed by atoms with Crippen molar-refractivity contribution in [2.45, 2.75) is 26.2 Å². The van der Waals surface area contributed by atoms with Gasteiger partial charge in [-0.1, -0.05) is 13.0 Å². The number of benzene rings is 1. The van der Waals surface area contributed by atoms with Crippen LogP contribution in [-0.2, 0) is 20.7 Å². The summed E-state index contributed by atoms with van der Waals surface area (Å²) in [6.45, 7) is 3.51. The molecule has 3 rings (SSSR count). The molecule has 0 spiro atoms. The van der Waals surface area contributed by atoms with Crippen molar-refractivity contribution in [1.82, 2.24) is 4.90 Å². The molecule has 2 aliphatic heterocycles. The molecule has 2 amide bonds. The van der Waals surface area contributed by atoms with E-state index in [-0.39, 0.29) is 31.3 Å². The van der Waals surface area contributed by atoms with E-state index in [1.807, 2.05) is 17.0 Å². The lowest BCUT2D eigenvalue weighted by Crippen LogP contribution is -2.47. The Kier molecular flexibility index (Phi) is 5.13. The third-order valence-corrected chi connectivity index (χ3v) is 4.67. The standard InChI is InChI=1S/C18H24N2O5/c1-18(8-13-3-4-14-15(7-13)25-12-24-14)5-2-6-20(11-18)17(22)10-23-9-16(19)21/h3-4,7H,2,5-6,8-12H2,1H3,(H2,19,21)/t18-/m1/s1. The van der Waals surface area contributed by atoms with Crippen molar-refractivity contribution < 1.29 is 23.8 Å². The fourth-order valence-corrected chi connectivity index (χ4v) is 3.55. The maximum Gasteiger partial charge on any atom is 0.248 e. The van der Waals surface area contributed by atoms with Crippen molar-refractivity contribution in [2.24, 2.45) is 11.1 Å². The SMILES string of the molecule is C[C@]1(Cc2ccc3c(c2)OCO3)CCCN(C(=O)COCC(N)=O)C1. The molecule has 1 fully saturated rings. The fraction of sp³-hybridized carbons (Fsp3) is 0.556. The molecule has 1 aromatic rings. The number of piperidine rings is 1. The highest BCUT2D eigenvalue weighted by molar-refractivity contribution is 5.79. The summed E-state index contributed by atoms with van der Waals surface area (Å²) in [4.78, 5) is 24.8. The van der Waals surface area contributed by atoms with Crippen molar-refractivity contribution in [3.63, 3.8) is 0 Å². The number of primary amides is 1. The van der Waals surface area contributed by atoms with Crippen LogP contribution in [0.1, 0.15) is 25.3 Å². The molecule has 0 bridgehead atoms. The van der Waals surface area contributed by atoms with Gasteiger partial charge in [0.05, 0.1) is 0 Å². The Morgan fingerprint density at radius 3 is 2.88 bits per heavy atom. The van der Waals surface area contributed by atoms with Gasteiger partial charge >= 0.3 is 0 Å². The van der Waals surface area contributed by atoms with Gasteiger partial charge < -0.3 is 24.8 Å². The van der Waals surface area contributed by atoms with Crippen LogP contribution in [0, 0.1) is 5.41 Å². The molecule has 0 unspecified atom stereocenters. The number of rotatable bonds is 6. The van der Waals surface area contributed by atoms with Crippen LogP contribution in [-0.4, -0.2) is 49.8 Å². The number of hydrogen-bond acceptors (Lipinski definition) is 5. The molecular formula is C18H24N2O5. The predicted octanol–water partition coefficient (Wildman–Crippen LogP) is 1.09. The van der Waals surface area contributed by atoms with E-state index in [1.54, 1.807) is 0 Å². The van der Waals surface area contributed by atoms with Crippen LogP contribution in [0.4, 0.5) is 0 Å². The zero-order chi connectivity index (χ0) is 17.9. The van der Waals surface area contributed by atoms with E-state index >= 15 is 0 Å². The maximum absolute atomic E-state index is 12.3. The monoisotopic (exact) mass is 348 g/mol. The molecule has 25 heavy (non-hydrogen) atoms. The second-order valence-electron chi connectivity index (χ2n) is 7.05. The van der Waals surface area contributed by atoms with Crippen LogP contribution in [0.3, 0.4) is 0 Å². The number of carbonyl (C=O) groups is 2. The Labute approximate surface area is 147 Å². The molecule has 0 aliphatic carbocycles. The number of nitrogens with zero attached hydrogens (tertiary/aromatic N) is 1. The summed E-state index contributed by atoms with van der Waals surface area (Å²) in [5, 5.41) is 0. The molecule has 0 saturated carbocycles. The molecule has 2 heterocycles. The summed E-state index contributed by atoms with van der Waals surface area (Å²) in [7, 11) is 0. The van der Waals surface area contributed by atoms with Gasteiger partial charge in [0.2, 0.25) is 18.6 Å². The van der Waals surface area contributed by atoms with E-state index in [0.29, 0.717) is 6.54 Å². The van der Waals surface area contributed by atoms with Crippen LogP contribution in [0.25, 0.3) is 0 Å². The smallest absolute Gasteiger partial charge is 0.248 e. The van der Waals surface area contributed by atoms with Crippen molar-refractivity contribution in [2.75, 3.05) is 33.1 Å². The summed E-state index contributed by atoms with van der Waals surface area (Å²) >= 11 is 0. The van der Waals surface area contributed by atoms with Gasteiger partial charge in [0, 0.05) is 13.1 Å². The molecule has 0 radical (unpaired) electrons. The van der Waals surface area contributed by atoms with Crippen LogP contribution < -0.4 is 15.2 Å². The van der Waals surface area contributed by atoms with E-state index in [0.717, 1.165) is 37.3 Å². The number of likely N-dealkylation sites (tertiary alicyclic amines) is 1. The predicted molar refractivity (Wildman–Crippen MR) is 90.2 cm³/mol. The minimum absolute atomic E-state index is 0.00864. The third kappa shape index (κ3) is 4.42. The van der Waals surface area contributed by atoms with Crippen molar-refractivity contribution >= 4 is 11.8 Å². The number of ether oxygens (including phenoxy) is 3. The van der Waals surface area contributed by atoms with Gasteiger partial charge in [-0.2, -0.15) is 0 Å². The number of hydrogen-bond donors (Lipinski definition) is 1. The maximum atomic E-state index is 12.3. The van der Waals surface area contributed by atoms with Crippen molar-refractivity contribution in [1.29, 1.82) is 0 Å². The summed E-state index contributed by atoms with van der Waals surface area (Å²) < 4.78 is 15.8. The van der Waals surface area contributed by atoms with Crippen molar-refractivity contribution in [3.05, 3.63) is 23.8 Å². The molecule has 2 aliphatic rings. The molecule has 1 saturated heterocycles. The van der Waals surface area contributed by atoms with Crippen LogP contribution in [0.15, 0.2) is 18.2 Å². The van der Waals surface area contributed by atoms with E-state index < -0.39 is 5.91 Å². The quantitative estimate of drug-likeness (QED) is 0.831. The average molecular weight is 348 g/mol. The van der Waals surface area contributed by atoms with Gasteiger partial charge in [-0.05, 0) is 42.4 Å². The number of nitrogens with two attached hydrogens (primary N) is 1. The van der Waals surface area contributed by atoms with E-state index in [1.165, 1.54) is 5.56 Å². The van der Waals surface area contributed by atoms with Gasteiger partial charge in [-0.3, -0.25) is 9.59 Å². The summed E-state index contributed by atoms with van der Waals surface area (Å²) in [6.07, 6.45) is 2.85. The lowest BCUT2D eigenvalue weighted by atomic mass is 9.77. The lowest BCUT2D eigenvalue weighted by Gasteiger charge is -2.40. The Morgan fingerprint density at radius 1 is 1.28 bits per heavy atom. The first-order valence-corrected chi connectivity index (χ1v) is 8.48. The number of carbonyl (C=O) groups excluding carboxylic acids is 2. The van der Waals surface area contributed by atoms with E-state index in [9.17, 15) is 9.59 Å². The van der Waals surface area contributed by atoms with Gasteiger partial charge in [0.15, 0.2) is 11.5 Å². The first kappa shape index (κ1) is 17.5. The number of amides is 2. The fourth-order valence-electron chi connectivity index (χ4n) is 3.55. The van der Waals surface area contributed by atoms with E-state index in [4.69, 9.17) is 19.9 Å². The second kappa shape index (κ2) is 7.31. The summed E-state index contributed by atoms with van der Waals surface area (Å²) in [5.74, 6) is 0.891. The Bertz CT molecular complexity index is 663. The minimum atomic E-state index is -0.570. The molecule has 7 nitrogen and oxygen atoms in total. The highest BCUT2D eigenvalue weighted by Crippen LogP contribution is 2.37. The Morgan fingerprint density at radius 2 is 2.08 bits per heavy atom. The third-order valence-electron chi connectivity index (χ3n) is 4.67. The van der Waals surface area contributed by atoms with Crippen LogP contribution in [0.2, 0.25) is 0 Å². The van der Waals surface area contributed by atoms with Gasteiger partial charge in [0.25, 0.3) is 0 Å². The Hall–Kier alpha value is -2.28. The van der Waals surface area contributed by atoms with Crippen molar-refractivity contribution in [3.8, 4) is 11.5 Å². The largest absolute Gasteiger partial charge is 0.454 e. The van der Waals surface area contributed by atoms with Gasteiger partial charge in [0.1, 0.15) is 13.2 Å². The first-order chi connectivity index (χ1) is 12.0. The summed E-state index contributed by atoms with van der Waals surface area (Å²) in [6, 6.07) is 6.00. The van der Waals surface area contributed by atoms with Crippen LogP contribution >= 0.6 is 0 Å². The van der Waals surface area contributed by atoms with Crippen LogP contribution in [0.5, 0.6) is 11.5 Å². The zero-order valence-corrected chi connectivity index (χ0v) is 14.5. The molecule has 1 atom stereocenters. The highest BCUT2D eigenvalue weighted by Gasteiger charge is 2.33. The molecule has 7 heteroatoms. The van der Waals surface area contributed by atoms with Gasteiger partial charge in [-0.15, -0.1) is 0 Å². The highest BCUT2D eigenvalue weighted by atomic mass is 16.7. The Balaban J connectivity index is 1.59. The first-order valence-electron chi connectivity index (χ1n) is 8.48. The molecule has 2 N–H and O–H groups in total. The molecule has 1 aromatic carbocycles.